The fourth-order valence-corrected chi connectivity index (χ4v) is 4.43. The van der Waals surface area contributed by atoms with Crippen LogP contribution in [0.1, 0.15) is 27.0 Å². The molecule has 164 valence electrons. The Kier molecular flexibility index (Phi) is 5.95. The molecule has 1 aliphatic rings. The van der Waals surface area contributed by atoms with Crippen LogP contribution in [-0.4, -0.2) is 60.7 Å². The Morgan fingerprint density at radius 3 is 2.45 bits per heavy atom. The molecule has 5 nitrogen and oxygen atoms in total. The van der Waals surface area contributed by atoms with Gasteiger partial charge in [-0.2, -0.15) is 0 Å². The fourth-order valence-electron chi connectivity index (χ4n) is 4.19. The van der Waals surface area contributed by atoms with Gasteiger partial charge in [-0.3, -0.25) is 14.4 Å². The summed E-state index contributed by atoms with van der Waals surface area (Å²) in [5.74, 6) is -0.190. The number of hydrogen-bond acceptors (Lipinski definition) is 3. The minimum atomic E-state index is -0.161. The van der Waals surface area contributed by atoms with Crippen LogP contribution in [0.25, 0.3) is 10.9 Å². The minimum absolute atomic E-state index is 0.0297. The van der Waals surface area contributed by atoms with Crippen molar-refractivity contribution in [2.75, 3.05) is 45.3 Å². The number of amides is 1. The van der Waals surface area contributed by atoms with Crippen LogP contribution in [0.3, 0.4) is 0 Å². The standard InChI is InChI=1S/C24H28ClFN4O/c1-16-12-22(26)17(2)11-19(16)15-28-7-9-29(10-8-28)24(31)20-13-18-5-6-30(27(3)4)23(18)14-21(20)25/h5-6,11-14H,7-10,15H2,1-4H3. The highest BCUT2D eigenvalue weighted by Gasteiger charge is 2.25. The number of carbonyl (C=O) groups is 1. The Morgan fingerprint density at radius 2 is 1.77 bits per heavy atom. The predicted molar refractivity (Wildman–Crippen MR) is 124 cm³/mol. The number of fused-ring (bicyclic) bond motifs is 1. The molecule has 2 heterocycles. The van der Waals surface area contributed by atoms with E-state index in [1.54, 1.807) is 13.0 Å². The van der Waals surface area contributed by atoms with Crippen LogP contribution >= 0.6 is 11.6 Å². The first-order valence-electron chi connectivity index (χ1n) is 10.5. The Labute approximate surface area is 187 Å². The Bertz CT molecular complexity index is 1130. The minimum Gasteiger partial charge on any atom is -0.336 e. The molecule has 7 heteroatoms. The molecule has 2 aromatic carbocycles. The second-order valence-corrected chi connectivity index (χ2v) is 8.90. The summed E-state index contributed by atoms with van der Waals surface area (Å²) in [6.45, 7) is 7.34. The summed E-state index contributed by atoms with van der Waals surface area (Å²) in [5.41, 5.74) is 4.29. The monoisotopic (exact) mass is 442 g/mol. The van der Waals surface area contributed by atoms with E-state index in [1.165, 1.54) is 0 Å². The third-order valence-electron chi connectivity index (χ3n) is 6.09. The number of nitrogens with zero attached hydrogens (tertiary/aromatic N) is 4. The average molecular weight is 443 g/mol. The normalized spacial score (nSPS) is 15.0. The van der Waals surface area contributed by atoms with Crippen molar-refractivity contribution >= 4 is 28.4 Å². The fraction of sp³-hybridized carbons (Fsp3) is 0.375. The third kappa shape index (κ3) is 4.27. The van der Waals surface area contributed by atoms with Crippen molar-refractivity contribution in [3.8, 4) is 0 Å². The first-order chi connectivity index (χ1) is 14.7. The van der Waals surface area contributed by atoms with Crippen LogP contribution < -0.4 is 5.01 Å². The Balaban J connectivity index is 1.45. The van der Waals surface area contributed by atoms with Gasteiger partial charge in [-0.1, -0.05) is 17.7 Å². The molecule has 0 spiro atoms. The highest BCUT2D eigenvalue weighted by molar-refractivity contribution is 6.34. The number of benzene rings is 2. The number of aryl methyl sites for hydroxylation is 2. The number of piperazine rings is 1. The van der Waals surface area contributed by atoms with Crippen molar-refractivity contribution in [1.82, 2.24) is 14.5 Å². The molecule has 1 saturated heterocycles. The van der Waals surface area contributed by atoms with Crippen LogP contribution in [-0.2, 0) is 6.54 Å². The van der Waals surface area contributed by atoms with Crippen LogP contribution in [0.15, 0.2) is 36.5 Å². The maximum Gasteiger partial charge on any atom is 0.255 e. The van der Waals surface area contributed by atoms with Crippen molar-refractivity contribution < 1.29 is 9.18 Å². The molecule has 0 aliphatic carbocycles. The molecule has 1 aromatic heterocycles. The van der Waals surface area contributed by atoms with Gasteiger partial charge in [-0.25, -0.2) is 4.39 Å². The van der Waals surface area contributed by atoms with Gasteiger partial charge in [0, 0.05) is 58.4 Å². The predicted octanol–water partition coefficient (Wildman–Crippen LogP) is 4.21. The van der Waals surface area contributed by atoms with Gasteiger partial charge >= 0.3 is 0 Å². The van der Waals surface area contributed by atoms with Gasteiger partial charge in [-0.05, 0) is 54.8 Å². The van der Waals surface area contributed by atoms with E-state index < -0.39 is 0 Å². The molecule has 3 aromatic rings. The van der Waals surface area contributed by atoms with Crippen molar-refractivity contribution in [3.05, 3.63) is 69.6 Å². The SMILES string of the molecule is Cc1cc(CN2CCN(C(=O)c3cc4ccn(N(C)C)c4cc3Cl)CC2)c(C)cc1F. The van der Waals surface area contributed by atoms with Gasteiger partial charge in [0.25, 0.3) is 5.91 Å². The van der Waals surface area contributed by atoms with E-state index in [-0.39, 0.29) is 11.7 Å². The zero-order valence-electron chi connectivity index (χ0n) is 18.5. The zero-order chi connectivity index (χ0) is 22.3. The van der Waals surface area contributed by atoms with Crippen molar-refractivity contribution in [2.24, 2.45) is 0 Å². The maximum absolute atomic E-state index is 13.7. The molecule has 4 rings (SSSR count). The molecule has 1 fully saturated rings. The van der Waals surface area contributed by atoms with E-state index in [2.05, 4.69) is 4.90 Å². The summed E-state index contributed by atoms with van der Waals surface area (Å²) in [4.78, 5) is 17.4. The van der Waals surface area contributed by atoms with Gasteiger partial charge < -0.3 is 9.91 Å². The van der Waals surface area contributed by atoms with Gasteiger partial charge in [-0.15, -0.1) is 0 Å². The van der Waals surface area contributed by atoms with Crippen LogP contribution in [0.2, 0.25) is 5.02 Å². The lowest BCUT2D eigenvalue weighted by atomic mass is 10.0. The molecule has 0 saturated carbocycles. The van der Waals surface area contributed by atoms with Crippen molar-refractivity contribution in [1.29, 1.82) is 0 Å². The van der Waals surface area contributed by atoms with E-state index in [4.69, 9.17) is 11.6 Å². The highest BCUT2D eigenvalue weighted by atomic mass is 35.5. The van der Waals surface area contributed by atoms with Gasteiger partial charge in [0.15, 0.2) is 0 Å². The number of halogens is 2. The third-order valence-corrected chi connectivity index (χ3v) is 6.40. The number of aromatic nitrogens is 1. The summed E-state index contributed by atoms with van der Waals surface area (Å²) >= 11 is 6.51. The summed E-state index contributed by atoms with van der Waals surface area (Å²) in [5, 5.41) is 3.42. The summed E-state index contributed by atoms with van der Waals surface area (Å²) in [6.07, 6.45) is 1.97. The molecular formula is C24H28ClFN4O. The molecule has 1 aliphatic heterocycles. The van der Waals surface area contributed by atoms with E-state index in [0.29, 0.717) is 29.2 Å². The van der Waals surface area contributed by atoms with Gasteiger partial charge in [0.05, 0.1) is 16.1 Å². The first kappa shape index (κ1) is 21.7. The quantitative estimate of drug-likeness (QED) is 0.606. The Morgan fingerprint density at radius 1 is 1.06 bits per heavy atom. The second-order valence-electron chi connectivity index (χ2n) is 8.49. The second kappa shape index (κ2) is 8.52. The largest absolute Gasteiger partial charge is 0.336 e. The molecule has 1 amide bonds. The van der Waals surface area contributed by atoms with Crippen LogP contribution in [0.4, 0.5) is 4.39 Å². The molecule has 0 bridgehead atoms. The Hall–Kier alpha value is -2.57. The molecule has 31 heavy (non-hydrogen) atoms. The van der Waals surface area contributed by atoms with Gasteiger partial charge in [0.2, 0.25) is 0 Å². The highest BCUT2D eigenvalue weighted by Crippen LogP contribution is 2.27. The number of rotatable bonds is 4. The molecule has 0 N–H and O–H groups in total. The zero-order valence-corrected chi connectivity index (χ0v) is 19.2. The molecular weight excluding hydrogens is 415 g/mol. The number of carbonyl (C=O) groups excluding carboxylic acids is 1. The topological polar surface area (TPSA) is 31.7 Å². The van der Waals surface area contributed by atoms with E-state index in [1.807, 2.05) is 66.1 Å². The smallest absolute Gasteiger partial charge is 0.255 e. The van der Waals surface area contributed by atoms with Gasteiger partial charge in [0.1, 0.15) is 5.82 Å². The van der Waals surface area contributed by atoms with Crippen molar-refractivity contribution in [3.63, 3.8) is 0 Å². The van der Waals surface area contributed by atoms with Crippen molar-refractivity contribution in [2.45, 2.75) is 20.4 Å². The van der Waals surface area contributed by atoms with E-state index >= 15 is 0 Å². The molecule has 0 radical (unpaired) electrons. The maximum atomic E-state index is 13.7. The lowest BCUT2D eigenvalue weighted by Crippen LogP contribution is -2.48. The van der Waals surface area contributed by atoms with Crippen LogP contribution in [0.5, 0.6) is 0 Å². The summed E-state index contributed by atoms with van der Waals surface area (Å²) in [6, 6.07) is 9.27. The van der Waals surface area contributed by atoms with E-state index in [9.17, 15) is 9.18 Å². The summed E-state index contributed by atoms with van der Waals surface area (Å²) < 4.78 is 15.7. The lowest BCUT2D eigenvalue weighted by molar-refractivity contribution is 0.0628. The number of hydrogen-bond donors (Lipinski definition) is 0. The van der Waals surface area contributed by atoms with Crippen LogP contribution in [0, 0.1) is 19.7 Å². The molecule has 0 atom stereocenters. The first-order valence-corrected chi connectivity index (χ1v) is 10.9. The van der Waals surface area contributed by atoms with E-state index in [0.717, 1.165) is 41.7 Å². The average Bonchev–Trinajstić information content (AvgIpc) is 3.14. The molecule has 0 unspecified atom stereocenters. The lowest BCUT2D eigenvalue weighted by Gasteiger charge is -2.35. The summed E-state index contributed by atoms with van der Waals surface area (Å²) in [7, 11) is 3.92.